The molecule has 0 aliphatic heterocycles. The maximum absolute atomic E-state index is 5.48. The lowest BCUT2D eigenvalue weighted by molar-refractivity contribution is 0.953. The smallest absolute Gasteiger partial charge is 0.238 e. The second-order valence-electron chi connectivity index (χ2n) is 17.2. The Labute approximate surface area is 393 Å². The topological polar surface area (TPSA) is 48.5 Å². The van der Waals surface area contributed by atoms with Gasteiger partial charge in [0.2, 0.25) is 5.95 Å². The van der Waals surface area contributed by atoms with Gasteiger partial charge < -0.3 is 4.57 Å². The van der Waals surface area contributed by atoms with Gasteiger partial charge in [0.05, 0.1) is 27.8 Å². The molecule has 0 saturated heterocycles. The van der Waals surface area contributed by atoms with Gasteiger partial charge in [-0.2, -0.15) is 9.97 Å². The molecular formula is C63H41N5. The van der Waals surface area contributed by atoms with Gasteiger partial charge in [-0.25, -0.2) is 4.98 Å². The predicted octanol–water partition coefficient (Wildman–Crippen LogP) is 16.1. The van der Waals surface area contributed by atoms with Gasteiger partial charge in [0, 0.05) is 38.2 Å². The summed E-state index contributed by atoms with van der Waals surface area (Å²) in [5.74, 6) is 1.74. The average molecular weight is 868 g/mol. The van der Waals surface area contributed by atoms with E-state index in [9.17, 15) is 0 Å². The zero-order valence-corrected chi connectivity index (χ0v) is 36.9. The lowest BCUT2D eigenvalue weighted by Gasteiger charge is -2.17. The third-order valence-corrected chi connectivity index (χ3v) is 13.2. The number of aromatic nitrogens is 5. The highest BCUT2D eigenvalue weighted by Crippen LogP contribution is 2.44. The molecule has 5 nitrogen and oxygen atoms in total. The van der Waals surface area contributed by atoms with Crippen molar-refractivity contribution < 1.29 is 0 Å². The number of nitrogens with zero attached hydrogens (tertiary/aromatic N) is 5. The Bertz CT molecular complexity index is 4010. The average Bonchev–Trinajstić information content (AvgIpc) is 3.95. The zero-order chi connectivity index (χ0) is 45.0. The van der Waals surface area contributed by atoms with Gasteiger partial charge in [-0.05, 0) is 75.3 Å². The Morgan fingerprint density at radius 2 is 0.662 bits per heavy atom. The number of hydrogen-bond acceptors (Lipinski definition) is 3. The van der Waals surface area contributed by atoms with Crippen LogP contribution in [0, 0.1) is 0 Å². The molecule has 10 aromatic carbocycles. The van der Waals surface area contributed by atoms with Crippen molar-refractivity contribution in [2.45, 2.75) is 0 Å². The Morgan fingerprint density at radius 1 is 0.250 bits per heavy atom. The monoisotopic (exact) mass is 867 g/mol. The van der Waals surface area contributed by atoms with E-state index in [1.165, 1.54) is 22.1 Å². The minimum atomic E-state index is 0.545. The van der Waals surface area contributed by atoms with Crippen LogP contribution in [0.5, 0.6) is 0 Å². The molecule has 0 N–H and O–H groups in total. The van der Waals surface area contributed by atoms with Crippen LogP contribution in [-0.2, 0) is 0 Å². The first-order valence-corrected chi connectivity index (χ1v) is 23.0. The predicted molar refractivity (Wildman–Crippen MR) is 281 cm³/mol. The lowest BCUT2D eigenvalue weighted by atomic mass is 9.97. The van der Waals surface area contributed by atoms with Crippen molar-refractivity contribution in [2.75, 3.05) is 0 Å². The summed E-state index contributed by atoms with van der Waals surface area (Å²) in [5.41, 5.74) is 16.3. The van der Waals surface area contributed by atoms with Crippen LogP contribution in [0.25, 0.3) is 123 Å². The van der Waals surface area contributed by atoms with Crippen molar-refractivity contribution in [1.29, 1.82) is 0 Å². The van der Waals surface area contributed by atoms with E-state index in [2.05, 4.69) is 240 Å². The van der Waals surface area contributed by atoms with E-state index in [1.807, 2.05) is 18.2 Å². The maximum atomic E-state index is 5.48. The Kier molecular flexibility index (Phi) is 9.43. The van der Waals surface area contributed by atoms with E-state index in [-0.39, 0.29) is 0 Å². The summed E-state index contributed by atoms with van der Waals surface area (Å²) in [6.07, 6.45) is 0. The highest BCUT2D eigenvalue weighted by atomic mass is 15.2. The molecule has 0 spiro atoms. The molecule has 0 radical (unpaired) electrons. The Morgan fingerprint density at radius 3 is 1.25 bits per heavy atom. The van der Waals surface area contributed by atoms with Crippen LogP contribution in [0.2, 0.25) is 0 Å². The molecule has 0 saturated carbocycles. The highest BCUT2D eigenvalue weighted by Gasteiger charge is 2.25. The molecule has 0 aliphatic carbocycles. The summed E-state index contributed by atoms with van der Waals surface area (Å²) in [5, 5.41) is 4.54. The fraction of sp³-hybridized carbons (Fsp3) is 0. The molecule has 3 heterocycles. The molecule has 0 aliphatic rings. The van der Waals surface area contributed by atoms with Crippen molar-refractivity contribution >= 4 is 43.6 Å². The highest BCUT2D eigenvalue weighted by molar-refractivity contribution is 6.24. The van der Waals surface area contributed by atoms with E-state index in [1.54, 1.807) is 0 Å². The lowest BCUT2D eigenvalue weighted by Crippen LogP contribution is -2.07. The summed E-state index contributed by atoms with van der Waals surface area (Å²) in [4.78, 5) is 16.1. The second kappa shape index (κ2) is 16.4. The van der Waals surface area contributed by atoms with E-state index in [0.29, 0.717) is 17.6 Å². The van der Waals surface area contributed by atoms with E-state index in [4.69, 9.17) is 15.0 Å². The summed E-state index contributed by atoms with van der Waals surface area (Å²) < 4.78 is 4.74. The van der Waals surface area contributed by atoms with Crippen LogP contribution >= 0.6 is 0 Å². The minimum Gasteiger partial charge on any atom is -0.307 e. The molecule has 0 amide bonds. The molecule has 0 fully saturated rings. The third-order valence-electron chi connectivity index (χ3n) is 13.2. The molecule has 318 valence electrons. The fourth-order valence-corrected chi connectivity index (χ4v) is 10.0. The molecular weight excluding hydrogens is 827 g/mol. The quantitative estimate of drug-likeness (QED) is 0.153. The number of rotatable bonds is 8. The van der Waals surface area contributed by atoms with Gasteiger partial charge in [-0.3, -0.25) is 4.57 Å². The third kappa shape index (κ3) is 6.68. The fourth-order valence-electron chi connectivity index (χ4n) is 10.0. The first-order valence-electron chi connectivity index (χ1n) is 23.0. The number of hydrogen-bond donors (Lipinski definition) is 0. The van der Waals surface area contributed by atoms with Crippen LogP contribution in [-0.4, -0.2) is 24.1 Å². The van der Waals surface area contributed by atoms with Gasteiger partial charge in [0.25, 0.3) is 0 Å². The SMILES string of the molecule is c1ccc(-c2cccc(-c3cccc(-c4nc(-c5ccccc5)nc(-n5c6ccccc6c6ccc7c8ccccc8n(-c8ccc(-c9ccccc9)cc8-c8ccccc8)c7c65)n4)c3)c2)cc1. The molecule has 0 unspecified atom stereocenters. The summed E-state index contributed by atoms with van der Waals surface area (Å²) in [6, 6.07) is 88.2. The summed E-state index contributed by atoms with van der Waals surface area (Å²) in [7, 11) is 0. The molecule has 0 bridgehead atoms. The summed E-state index contributed by atoms with van der Waals surface area (Å²) >= 11 is 0. The molecule has 3 aromatic heterocycles. The van der Waals surface area contributed by atoms with Crippen molar-refractivity contribution in [3.8, 4) is 78.9 Å². The standard InChI is InChI=1S/C63H41N5/c1-5-19-42(20-6-1)46-27-17-28-47(39-46)48-29-18-30-50(40-48)62-64-61(45-25-11-4-12-26-45)65-63(66-62)68-57-34-16-14-32-52(57)54-37-36-53-51-31-13-15-33-56(51)67(59(53)60(54)68)58-38-35-49(43-21-7-2-8-22-43)41-55(58)44-23-9-3-10-24-44/h1-41H. The van der Waals surface area contributed by atoms with Crippen molar-refractivity contribution in [2.24, 2.45) is 0 Å². The Hall–Kier alpha value is -9.19. The number of fused-ring (bicyclic) bond motifs is 7. The van der Waals surface area contributed by atoms with E-state index < -0.39 is 0 Å². The van der Waals surface area contributed by atoms with Crippen LogP contribution in [0.3, 0.4) is 0 Å². The molecule has 13 aromatic rings. The first kappa shape index (κ1) is 39.2. The molecule has 13 rings (SSSR count). The minimum absolute atomic E-state index is 0.545. The number of para-hydroxylation sites is 2. The van der Waals surface area contributed by atoms with Crippen molar-refractivity contribution in [3.63, 3.8) is 0 Å². The van der Waals surface area contributed by atoms with Gasteiger partial charge in [0.15, 0.2) is 11.6 Å². The van der Waals surface area contributed by atoms with E-state index >= 15 is 0 Å². The van der Waals surface area contributed by atoms with Crippen LogP contribution < -0.4 is 0 Å². The normalized spacial score (nSPS) is 11.5. The maximum Gasteiger partial charge on any atom is 0.238 e. The van der Waals surface area contributed by atoms with Gasteiger partial charge >= 0.3 is 0 Å². The largest absolute Gasteiger partial charge is 0.307 e. The summed E-state index contributed by atoms with van der Waals surface area (Å²) in [6.45, 7) is 0. The van der Waals surface area contributed by atoms with Crippen LogP contribution in [0.4, 0.5) is 0 Å². The Balaban J connectivity index is 1.09. The van der Waals surface area contributed by atoms with Gasteiger partial charge in [-0.15, -0.1) is 0 Å². The van der Waals surface area contributed by atoms with Crippen LogP contribution in [0.15, 0.2) is 249 Å². The van der Waals surface area contributed by atoms with Crippen molar-refractivity contribution in [3.05, 3.63) is 249 Å². The zero-order valence-electron chi connectivity index (χ0n) is 36.9. The molecule has 5 heteroatoms. The van der Waals surface area contributed by atoms with Crippen LogP contribution in [0.1, 0.15) is 0 Å². The molecule has 68 heavy (non-hydrogen) atoms. The first-order chi connectivity index (χ1) is 33.7. The van der Waals surface area contributed by atoms with Gasteiger partial charge in [-0.1, -0.05) is 212 Å². The van der Waals surface area contributed by atoms with Gasteiger partial charge in [0.1, 0.15) is 0 Å². The van der Waals surface area contributed by atoms with Crippen molar-refractivity contribution in [1.82, 2.24) is 24.1 Å². The number of benzene rings is 10. The van der Waals surface area contributed by atoms with E-state index in [0.717, 1.165) is 82.9 Å². The second-order valence-corrected chi connectivity index (χ2v) is 17.2. The molecule has 0 atom stereocenters.